The van der Waals surface area contributed by atoms with Crippen molar-refractivity contribution < 1.29 is 0 Å². The summed E-state index contributed by atoms with van der Waals surface area (Å²) in [4.78, 5) is 0. The van der Waals surface area contributed by atoms with Crippen LogP contribution in [0.5, 0.6) is 0 Å². The highest BCUT2D eigenvalue weighted by Crippen LogP contribution is 2.45. The molecule has 17 heavy (non-hydrogen) atoms. The second-order valence-electron chi connectivity index (χ2n) is 6.89. The summed E-state index contributed by atoms with van der Waals surface area (Å²) in [6.45, 7) is 10.4. The highest BCUT2D eigenvalue weighted by atomic mass is 32.1. The maximum atomic E-state index is 4.08. The van der Waals surface area contributed by atoms with Crippen molar-refractivity contribution >= 4 is 11.5 Å². The van der Waals surface area contributed by atoms with Crippen molar-refractivity contribution in [3.63, 3.8) is 0 Å². The van der Waals surface area contributed by atoms with E-state index in [1.807, 2.05) is 5.38 Å². The van der Waals surface area contributed by atoms with Gasteiger partial charge in [-0.3, -0.25) is 0 Å². The molecule has 1 N–H and O–H groups in total. The van der Waals surface area contributed by atoms with Crippen LogP contribution in [0.2, 0.25) is 0 Å². The second-order valence-corrected chi connectivity index (χ2v) is 7.50. The van der Waals surface area contributed by atoms with E-state index in [9.17, 15) is 0 Å². The Labute approximate surface area is 108 Å². The van der Waals surface area contributed by atoms with Crippen LogP contribution in [0.3, 0.4) is 0 Å². The van der Waals surface area contributed by atoms with Crippen LogP contribution in [-0.2, 0) is 6.54 Å². The van der Waals surface area contributed by atoms with Crippen LogP contribution in [0, 0.1) is 10.8 Å². The molecule has 1 aliphatic carbocycles. The predicted octanol–water partition coefficient (Wildman–Crippen LogP) is 3.23. The van der Waals surface area contributed by atoms with Gasteiger partial charge in [-0.1, -0.05) is 32.2 Å². The molecule has 0 amide bonds. The van der Waals surface area contributed by atoms with E-state index in [1.54, 1.807) is 0 Å². The molecule has 0 bridgehead atoms. The Morgan fingerprint density at radius 3 is 2.47 bits per heavy atom. The lowest BCUT2D eigenvalue weighted by atomic mass is 9.63. The summed E-state index contributed by atoms with van der Waals surface area (Å²) < 4.78 is 3.89. The Bertz CT molecular complexity index is 341. The molecule has 1 heterocycles. The van der Waals surface area contributed by atoms with Crippen molar-refractivity contribution in [2.45, 2.75) is 59.5 Å². The molecule has 1 aromatic heterocycles. The number of hydrogen-bond acceptors (Lipinski definition) is 4. The molecule has 4 heteroatoms. The van der Waals surface area contributed by atoms with Crippen LogP contribution < -0.4 is 5.32 Å². The molecule has 0 spiro atoms. The lowest BCUT2D eigenvalue weighted by Gasteiger charge is -2.45. The lowest BCUT2D eigenvalue weighted by molar-refractivity contribution is 0.0843. The first-order chi connectivity index (χ1) is 7.86. The maximum Gasteiger partial charge on any atom is 0.0893 e. The summed E-state index contributed by atoms with van der Waals surface area (Å²) in [6, 6.07) is 0.607. The number of hydrogen-bond donors (Lipinski definition) is 1. The maximum absolute atomic E-state index is 4.08. The Kier molecular flexibility index (Phi) is 3.55. The van der Waals surface area contributed by atoms with Gasteiger partial charge in [0.2, 0.25) is 0 Å². The van der Waals surface area contributed by atoms with Crippen LogP contribution in [0.1, 0.15) is 52.7 Å². The minimum Gasteiger partial charge on any atom is -0.308 e. The summed E-state index contributed by atoms with van der Waals surface area (Å²) in [5.41, 5.74) is 1.95. The minimum atomic E-state index is 0.444. The Hall–Kier alpha value is -0.480. The molecule has 0 radical (unpaired) electrons. The van der Waals surface area contributed by atoms with Gasteiger partial charge in [-0.25, -0.2) is 0 Å². The van der Waals surface area contributed by atoms with Crippen LogP contribution in [-0.4, -0.2) is 15.6 Å². The predicted molar refractivity (Wildman–Crippen MR) is 71.9 cm³/mol. The van der Waals surface area contributed by atoms with E-state index in [4.69, 9.17) is 0 Å². The minimum absolute atomic E-state index is 0.444. The van der Waals surface area contributed by atoms with E-state index in [0.717, 1.165) is 12.2 Å². The molecule has 1 saturated carbocycles. The molecule has 0 saturated heterocycles. The van der Waals surface area contributed by atoms with Gasteiger partial charge in [-0.15, -0.1) is 5.10 Å². The van der Waals surface area contributed by atoms with Crippen LogP contribution in [0.25, 0.3) is 0 Å². The van der Waals surface area contributed by atoms with Gasteiger partial charge in [0.05, 0.1) is 5.69 Å². The van der Waals surface area contributed by atoms with E-state index in [2.05, 4.69) is 42.6 Å². The Balaban J connectivity index is 1.92. The average Bonchev–Trinajstić information content (AvgIpc) is 2.61. The third-order valence-corrected chi connectivity index (χ3v) is 4.09. The van der Waals surface area contributed by atoms with Crippen LogP contribution >= 0.6 is 11.5 Å². The van der Waals surface area contributed by atoms with Gasteiger partial charge in [0.25, 0.3) is 0 Å². The Morgan fingerprint density at radius 1 is 1.29 bits per heavy atom. The summed E-state index contributed by atoms with van der Waals surface area (Å²) in [5.74, 6) is 0. The van der Waals surface area contributed by atoms with Crippen molar-refractivity contribution in [3.05, 3.63) is 11.1 Å². The smallest absolute Gasteiger partial charge is 0.0893 e. The monoisotopic (exact) mass is 253 g/mol. The Morgan fingerprint density at radius 2 is 1.94 bits per heavy atom. The van der Waals surface area contributed by atoms with Gasteiger partial charge in [-0.2, -0.15) is 0 Å². The van der Waals surface area contributed by atoms with E-state index in [1.165, 1.54) is 30.8 Å². The van der Waals surface area contributed by atoms with Crippen LogP contribution in [0.4, 0.5) is 0 Å². The first-order valence-electron chi connectivity index (χ1n) is 6.36. The molecular weight excluding hydrogens is 230 g/mol. The summed E-state index contributed by atoms with van der Waals surface area (Å²) >= 11 is 1.42. The van der Waals surface area contributed by atoms with Gasteiger partial charge >= 0.3 is 0 Å². The average molecular weight is 253 g/mol. The van der Waals surface area contributed by atoms with Gasteiger partial charge < -0.3 is 5.32 Å². The number of rotatable bonds is 3. The fourth-order valence-electron chi connectivity index (χ4n) is 3.50. The SMILES string of the molecule is CC1(C)CC(NCc2csnn2)CC(C)(C)C1. The van der Waals surface area contributed by atoms with Crippen molar-refractivity contribution in [1.82, 2.24) is 14.9 Å². The van der Waals surface area contributed by atoms with Crippen LogP contribution in [0.15, 0.2) is 5.38 Å². The topological polar surface area (TPSA) is 37.8 Å². The molecule has 0 unspecified atom stereocenters. The second kappa shape index (κ2) is 4.65. The van der Waals surface area contributed by atoms with Gasteiger partial charge in [0, 0.05) is 18.0 Å². The molecule has 0 atom stereocenters. The normalized spacial score (nSPS) is 23.8. The van der Waals surface area contributed by atoms with Crippen molar-refractivity contribution in [1.29, 1.82) is 0 Å². The number of nitrogens with zero attached hydrogens (tertiary/aromatic N) is 2. The zero-order valence-corrected chi connectivity index (χ0v) is 12.1. The zero-order valence-electron chi connectivity index (χ0n) is 11.3. The van der Waals surface area contributed by atoms with Crippen molar-refractivity contribution in [2.24, 2.45) is 10.8 Å². The van der Waals surface area contributed by atoms with E-state index >= 15 is 0 Å². The summed E-state index contributed by atoms with van der Waals surface area (Å²) in [5, 5.41) is 9.74. The molecule has 1 aromatic rings. The van der Waals surface area contributed by atoms with Crippen molar-refractivity contribution in [2.75, 3.05) is 0 Å². The van der Waals surface area contributed by atoms with Crippen molar-refractivity contribution in [3.8, 4) is 0 Å². The third kappa shape index (κ3) is 3.75. The molecule has 1 fully saturated rings. The zero-order chi connectivity index (χ0) is 12.5. The largest absolute Gasteiger partial charge is 0.308 e. The molecular formula is C13H23N3S. The fourth-order valence-corrected chi connectivity index (χ4v) is 3.95. The molecule has 3 nitrogen and oxygen atoms in total. The van der Waals surface area contributed by atoms with Gasteiger partial charge in [0.1, 0.15) is 0 Å². The van der Waals surface area contributed by atoms with Gasteiger partial charge in [-0.05, 0) is 41.6 Å². The lowest BCUT2D eigenvalue weighted by Crippen LogP contribution is -2.43. The first-order valence-corrected chi connectivity index (χ1v) is 7.19. The fraction of sp³-hybridized carbons (Fsp3) is 0.846. The molecule has 96 valence electrons. The number of aromatic nitrogens is 2. The van der Waals surface area contributed by atoms with E-state index < -0.39 is 0 Å². The van der Waals surface area contributed by atoms with E-state index in [-0.39, 0.29) is 0 Å². The first kappa shape index (κ1) is 13.0. The van der Waals surface area contributed by atoms with Gasteiger partial charge in [0.15, 0.2) is 0 Å². The molecule has 2 rings (SSSR count). The summed E-state index contributed by atoms with van der Waals surface area (Å²) in [6.07, 6.45) is 3.83. The third-order valence-electron chi connectivity index (χ3n) is 3.53. The quantitative estimate of drug-likeness (QED) is 0.898. The molecule has 0 aliphatic heterocycles. The molecule has 1 aliphatic rings. The molecule has 0 aromatic carbocycles. The highest BCUT2D eigenvalue weighted by Gasteiger charge is 2.38. The highest BCUT2D eigenvalue weighted by molar-refractivity contribution is 7.03. The summed E-state index contributed by atoms with van der Waals surface area (Å²) in [7, 11) is 0. The number of nitrogens with one attached hydrogen (secondary N) is 1. The standard InChI is InChI=1S/C13H23N3S/c1-12(2)5-10(6-13(3,4)9-12)14-7-11-8-17-16-15-11/h8,10,14H,5-7,9H2,1-4H3. The van der Waals surface area contributed by atoms with E-state index in [0.29, 0.717) is 16.9 Å².